The van der Waals surface area contributed by atoms with E-state index >= 15 is 0 Å². The van der Waals surface area contributed by atoms with E-state index < -0.39 is 10.0 Å². The summed E-state index contributed by atoms with van der Waals surface area (Å²) in [5.74, 6) is 0. The van der Waals surface area contributed by atoms with Crippen LogP contribution in [0, 0.1) is 6.92 Å². The first kappa shape index (κ1) is 15.0. The highest BCUT2D eigenvalue weighted by atomic mass is 32.2. The summed E-state index contributed by atoms with van der Waals surface area (Å²) in [4.78, 5) is 1.48. The van der Waals surface area contributed by atoms with Gasteiger partial charge in [0.05, 0.1) is 10.9 Å². The first-order chi connectivity index (χ1) is 9.44. The Morgan fingerprint density at radius 3 is 2.60 bits per heavy atom. The normalized spacial score (nSPS) is 13.2. The van der Waals surface area contributed by atoms with Crippen LogP contribution in [0.25, 0.3) is 0 Å². The molecule has 0 saturated heterocycles. The maximum Gasteiger partial charge on any atom is 0.240 e. The van der Waals surface area contributed by atoms with E-state index in [4.69, 9.17) is 0 Å². The van der Waals surface area contributed by atoms with Gasteiger partial charge in [-0.25, -0.2) is 13.1 Å². The van der Waals surface area contributed by atoms with Crippen molar-refractivity contribution in [3.63, 3.8) is 0 Å². The van der Waals surface area contributed by atoms with Crippen molar-refractivity contribution < 1.29 is 8.42 Å². The van der Waals surface area contributed by atoms with Crippen LogP contribution in [0.5, 0.6) is 0 Å². The van der Waals surface area contributed by atoms with Crippen LogP contribution < -0.4 is 10.0 Å². The lowest BCUT2D eigenvalue weighted by Crippen LogP contribution is -2.19. The van der Waals surface area contributed by atoms with Crippen LogP contribution in [-0.4, -0.2) is 15.5 Å². The quantitative estimate of drug-likeness (QED) is 0.892. The highest BCUT2D eigenvalue weighted by Gasteiger charge is 2.14. The fourth-order valence-electron chi connectivity index (χ4n) is 1.88. The molecule has 0 saturated carbocycles. The summed E-state index contributed by atoms with van der Waals surface area (Å²) in [7, 11) is -2.00. The Labute approximate surface area is 123 Å². The number of hydrogen-bond donors (Lipinski definition) is 2. The lowest BCUT2D eigenvalue weighted by molar-refractivity contribution is 0.588. The van der Waals surface area contributed by atoms with E-state index in [1.807, 2.05) is 24.4 Å². The number of thiophene rings is 1. The summed E-state index contributed by atoms with van der Waals surface area (Å²) in [6.07, 6.45) is 0. The van der Waals surface area contributed by atoms with Crippen molar-refractivity contribution >= 4 is 27.0 Å². The third-order valence-corrected chi connectivity index (χ3v) is 5.60. The Kier molecular flexibility index (Phi) is 4.47. The topological polar surface area (TPSA) is 58.2 Å². The van der Waals surface area contributed by atoms with Crippen molar-refractivity contribution in [2.45, 2.75) is 24.8 Å². The summed E-state index contributed by atoms with van der Waals surface area (Å²) in [6, 6.07) is 9.31. The van der Waals surface area contributed by atoms with Crippen LogP contribution >= 0.6 is 11.3 Å². The monoisotopic (exact) mass is 310 g/mol. The number of sulfonamides is 1. The third-order valence-electron chi connectivity index (χ3n) is 3.13. The number of hydrogen-bond acceptors (Lipinski definition) is 4. The Bertz CT molecular complexity index is 679. The zero-order valence-electron chi connectivity index (χ0n) is 11.7. The van der Waals surface area contributed by atoms with Crippen molar-refractivity contribution in [3.8, 4) is 0 Å². The molecule has 6 heteroatoms. The van der Waals surface area contributed by atoms with Gasteiger partial charge in [0.25, 0.3) is 0 Å². The third kappa shape index (κ3) is 3.20. The van der Waals surface area contributed by atoms with Gasteiger partial charge >= 0.3 is 0 Å². The molecule has 108 valence electrons. The lowest BCUT2D eigenvalue weighted by atomic mass is 10.1. The molecule has 2 rings (SSSR count). The fourth-order valence-corrected chi connectivity index (χ4v) is 3.37. The number of aryl methyl sites for hydroxylation is 1. The van der Waals surface area contributed by atoms with Crippen LogP contribution in [0.15, 0.2) is 40.6 Å². The molecule has 1 aromatic heterocycles. The molecule has 0 amide bonds. The highest BCUT2D eigenvalue weighted by Crippen LogP contribution is 2.26. The lowest BCUT2D eigenvalue weighted by Gasteiger charge is -2.17. The first-order valence-corrected chi connectivity index (χ1v) is 8.64. The van der Waals surface area contributed by atoms with E-state index in [2.05, 4.69) is 23.0 Å². The van der Waals surface area contributed by atoms with Crippen LogP contribution in [0.1, 0.15) is 23.4 Å². The Balaban J connectivity index is 2.30. The molecular formula is C14H18N2O2S2. The predicted molar refractivity (Wildman–Crippen MR) is 83.8 cm³/mol. The van der Waals surface area contributed by atoms with Gasteiger partial charge in [-0.3, -0.25) is 0 Å². The number of rotatable bonds is 5. The molecule has 1 unspecified atom stereocenters. The largest absolute Gasteiger partial charge is 0.377 e. The van der Waals surface area contributed by atoms with Gasteiger partial charge < -0.3 is 5.32 Å². The second-order valence-electron chi connectivity index (χ2n) is 4.57. The molecule has 2 N–H and O–H groups in total. The maximum absolute atomic E-state index is 11.8. The van der Waals surface area contributed by atoms with E-state index in [1.165, 1.54) is 11.9 Å². The highest BCUT2D eigenvalue weighted by molar-refractivity contribution is 7.89. The van der Waals surface area contributed by atoms with E-state index in [0.717, 1.165) is 11.3 Å². The second-order valence-corrected chi connectivity index (χ2v) is 7.43. The van der Waals surface area contributed by atoms with E-state index in [-0.39, 0.29) is 10.9 Å². The molecule has 1 aromatic carbocycles. The van der Waals surface area contributed by atoms with Gasteiger partial charge in [-0.05, 0) is 50.0 Å². The Morgan fingerprint density at radius 1 is 1.25 bits per heavy atom. The smallest absolute Gasteiger partial charge is 0.240 e. The predicted octanol–water partition coefficient (Wildman–Crippen LogP) is 3.14. The Morgan fingerprint density at radius 2 is 2.00 bits per heavy atom. The first-order valence-electron chi connectivity index (χ1n) is 6.28. The Hall–Kier alpha value is -1.37. The van der Waals surface area contributed by atoms with E-state index in [1.54, 1.807) is 23.5 Å². The number of nitrogens with one attached hydrogen (secondary N) is 2. The van der Waals surface area contributed by atoms with Gasteiger partial charge in [0.1, 0.15) is 0 Å². The second kappa shape index (κ2) is 5.95. The molecule has 0 bridgehead atoms. The fraction of sp³-hybridized carbons (Fsp3) is 0.286. The standard InChI is InChI=1S/C14H18N2O2S2/c1-10-6-7-12(20(17,18)15-3)9-13(10)16-11(2)14-5-4-8-19-14/h4-9,11,15-16H,1-3H3. The van der Waals surface area contributed by atoms with Crippen molar-refractivity contribution in [1.29, 1.82) is 0 Å². The van der Waals surface area contributed by atoms with Gasteiger partial charge in [0, 0.05) is 10.6 Å². The molecule has 20 heavy (non-hydrogen) atoms. The van der Waals surface area contributed by atoms with Crippen molar-refractivity contribution in [2.75, 3.05) is 12.4 Å². The molecule has 0 aliphatic rings. The van der Waals surface area contributed by atoms with E-state index in [0.29, 0.717) is 0 Å². The zero-order valence-corrected chi connectivity index (χ0v) is 13.3. The van der Waals surface area contributed by atoms with Crippen LogP contribution in [0.3, 0.4) is 0 Å². The zero-order chi connectivity index (χ0) is 14.8. The van der Waals surface area contributed by atoms with Crippen molar-refractivity contribution in [1.82, 2.24) is 4.72 Å². The summed E-state index contributed by atoms with van der Waals surface area (Å²) in [5.41, 5.74) is 1.85. The summed E-state index contributed by atoms with van der Waals surface area (Å²) in [6.45, 7) is 4.02. The number of benzene rings is 1. The summed E-state index contributed by atoms with van der Waals surface area (Å²) < 4.78 is 26.0. The molecule has 0 fully saturated rings. The average Bonchev–Trinajstić information content (AvgIpc) is 2.95. The molecule has 0 aliphatic carbocycles. The molecule has 0 spiro atoms. The van der Waals surface area contributed by atoms with Crippen molar-refractivity contribution in [3.05, 3.63) is 46.2 Å². The molecule has 1 atom stereocenters. The van der Waals surface area contributed by atoms with Crippen LogP contribution in [0.2, 0.25) is 0 Å². The van der Waals surface area contributed by atoms with Gasteiger partial charge in [0.15, 0.2) is 0 Å². The molecule has 1 heterocycles. The van der Waals surface area contributed by atoms with Gasteiger partial charge in [-0.2, -0.15) is 0 Å². The molecular weight excluding hydrogens is 292 g/mol. The van der Waals surface area contributed by atoms with Crippen LogP contribution in [0.4, 0.5) is 5.69 Å². The minimum atomic E-state index is -3.41. The van der Waals surface area contributed by atoms with E-state index in [9.17, 15) is 8.42 Å². The van der Waals surface area contributed by atoms with Crippen LogP contribution in [-0.2, 0) is 10.0 Å². The summed E-state index contributed by atoms with van der Waals surface area (Å²) >= 11 is 1.68. The molecule has 2 aromatic rings. The minimum Gasteiger partial charge on any atom is -0.377 e. The summed E-state index contributed by atoms with van der Waals surface area (Å²) in [5, 5.41) is 5.40. The number of anilines is 1. The average molecular weight is 310 g/mol. The molecule has 0 aliphatic heterocycles. The van der Waals surface area contributed by atoms with Gasteiger partial charge in [0.2, 0.25) is 10.0 Å². The van der Waals surface area contributed by atoms with Crippen molar-refractivity contribution in [2.24, 2.45) is 0 Å². The minimum absolute atomic E-state index is 0.140. The maximum atomic E-state index is 11.8. The molecule has 0 radical (unpaired) electrons. The van der Waals surface area contributed by atoms with Gasteiger partial charge in [-0.15, -0.1) is 11.3 Å². The molecule has 4 nitrogen and oxygen atoms in total. The van der Waals surface area contributed by atoms with Gasteiger partial charge in [-0.1, -0.05) is 12.1 Å². The SMILES string of the molecule is CNS(=O)(=O)c1ccc(C)c(NC(C)c2cccs2)c1.